The zero-order chi connectivity index (χ0) is 17.7. The van der Waals surface area contributed by atoms with Gasteiger partial charge in [0.15, 0.2) is 0 Å². The number of aromatic nitrogens is 2. The van der Waals surface area contributed by atoms with Crippen molar-refractivity contribution in [1.29, 1.82) is 0 Å². The van der Waals surface area contributed by atoms with Crippen LogP contribution in [-0.4, -0.2) is 45.4 Å². The van der Waals surface area contributed by atoms with Crippen molar-refractivity contribution in [2.24, 2.45) is 5.92 Å². The predicted molar refractivity (Wildman–Crippen MR) is 93.9 cm³/mol. The molecule has 2 rings (SSSR count). The van der Waals surface area contributed by atoms with E-state index in [2.05, 4.69) is 26.3 Å². The van der Waals surface area contributed by atoms with Crippen molar-refractivity contribution in [1.82, 2.24) is 14.7 Å². The van der Waals surface area contributed by atoms with Gasteiger partial charge >= 0.3 is 12.0 Å². The average Bonchev–Trinajstić information content (AvgIpc) is 2.94. The second kappa shape index (κ2) is 7.96. The summed E-state index contributed by atoms with van der Waals surface area (Å²) < 4.78 is 2.65. The Labute approximate surface area is 148 Å². The predicted octanol–water partition coefficient (Wildman–Crippen LogP) is 2.88. The third-order valence-electron chi connectivity index (χ3n) is 3.49. The number of hydrogen-bond donors (Lipinski definition) is 2. The molecule has 0 aliphatic carbocycles. The SMILES string of the molecule is CC(CN(C)C(=O)Nc1ccnn1Cc1cccc(Br)c1)C(=O)O. The molecule has 2 amide bonds. The minimum Gasteiger partial charge on any atom is -0.481 e. The van der Waals surface area contributed by atoms with Gasteiger partial charge in [-0.2, -0.15) is 5.10 Å². The van der Waals surface area contributed by atoms with Gasteiger partial charge in [-0.05, 0) is 17.7 Å². The Morgan fingerprint density at radius 3 is 2.83 bits per heavy atom. The molecule has 128 valence electrons. The van der Waals surface area contributed by atoms with E-state index in [1.807, 2.05) is 24.3 Å². The molecule has 1 unspecified atom stereocenters. The zero-order valence-corrected chi connectivity index (χ0v) is 15.0. The maximum atomic E-state index is 12.2. The number of carbonyl (C=O) groups is 2. The quantitative estimate of drug-likeness (QED) is 0.788. The lowest BCUT2D eigenvalue weighted by molar-refractivity contribution is -0.141. The van der Waals surface area contributed by atoms with Crippen LogP contribution in [0.4, 0.5) is 10.6 Å². The molecule has 8 heteroatoms. The lowest BCUT2D eigenvalue weighted by Crippen LogP contribution is -2.37. The number of hydrogen-bond acceptors (Lipinski definition) is 3. The van der Waals surface area contributed by atoms with E-state index < -0.39 is 11.9 Å². The van der Waals surface area contributed by atoms with E-state index in [-0.39, 0.29) is 12.6 Å². The molecule has 1 aromatic heterocycles. The van der Waals surface area contributed by atoms with Crippen LogP contribution in [0, 0.1) is 5.92 Å². The first-order chi connectivity index (χ1) is 11.4. The number of carboxylic acid groups (broad SMARTS) is 1. The Bertz CT molecular complexity index is 732. The van der Waals surface area contributed by atoms with E-state index >= 15 is 0 Å². The van der Waals surface area contributed by atoms with Gasteiger partial charge in [0.2, 0.25) is 0 Å². The smallest absolute Gasteiger partial charge is 0.322 e. The van der Waals surface area contributed by atoms with Crippen molar-refractivity contribution in [3.05, 3.63) is 46.6 Å². The number of nitrogens with one attached hydrogen (secondary N) is 1. The first-order valence-electron chi connectivity index (χ1n) is 7.38. The average molecular weight is 395 g/mol. The maximum Gasteiger partial charge on any atom is 0.322 e. The van der Waals surface area contributed by atoms with Crippen LogP contribution in [0.1, 0.15) is 12.5 Å². The standard InChI is InChI=1S/C16H19BrN4O3/c1-11(15(22)23)9-20(2)16(24)19-14-6-7-18-21(14)10-12-4-3-5-13(17)8-12/h3-8,11H,9-10H2,1-2H3,(H,19,24)(H,22,23). The molecule has 2 N–H and O–H groups in total. The van der Waals surface area contributed by atoms with Crippen LogP contribution in [0.5, 0.6) is 0 Å². The molecule has 0 saturated carbocycles. The van der Waals surface area contributed by atoms with Gasteiger partial charge in [-0.1, -0.05) is 35.0 Å². The third-order valence-corrected chi connectivity index (χ3v) is 3.98. The highest BCUT2D eigenvalue weighted by atomic mass is 79.9. The third kappa shape index (κ3) is 4.82. The molecular formula is C16H19BrN4O3. The summed E-state index contributed by atoms with van der Waals surface area (Å²) in [7, 11) is 1.56. The van der Waals surface area contributed by atoms with Crippen LogP contribution in [0.25, 0.3) is 0 Å². The minimum atomic E-state index is -0.936. The number of benzene rings is 1. The Balaban J connectivity index is 2.02. The summed E-state index contributed by atoms with van der Waals surface area (Å²) in [6.45, 7) is 2.20. The summed E-state index contributed by atoms with van der Waals surface area (Å²) in [6, 6.07) is 9.15. The molecule has 0 fully saturated rings. The van der Waals surface area contributed by atoms with Gasteiger partial charge in [0.1, 0.15) is 5.82 Å². The monoisotopic (exact) mass is 394 g/mol. The lowest BCUT2D eigenvalue weighted by atomic mass is 10.2. The fraction of sp³-hybridized carbons (Fsp3) is 0.312. The van der Waals surface area contributed by atoms with Gasteiger partial charge in [0.25, 0.3) is 0 Å². The van der Waals surface area contributed by atoms with Gasteiger partial charge in [-0.3, -0.25) is 10.1 Å². The number of carboxylic acids is 1. The van der Waals surface area contributed by atoms with E-state index in [0.717, 1.165) is 10.0 Å². The topological polar surface area (TPSA) is 87.5 Å². The van der Waals surface area contributed by atoms with Crippen molar-refractivity contribution < 1.29 is 14.7 Å². The lowest BCUT2D eigenvalue weighted by Gasteiger charge is -2.20. The van der Waals surface area contributed by atoms with Crippen LogP contribution in [0.15, 0.2) is 41.0 Å². The van der Waals surface area contributed by atoms with Crippen LogP contribution in [0.3, 0.4) is 0 Å². The number of nitrogens with zero attached hydrogens (tertiary/aromatic N) is 3. The fourth-order valence-corrected chi connectivity index (χ4v) is 2.60. The normalized spacial score (nSPS) is 11.8. The molecule has 0 radical (unpaired) electrons. The van der Waals surface area contributed by atoms with Gasteiger partial charge < -0.3 is 10.0 Å². The van der Waals surface area contributed by atoms with Crippen molar-refractivity contribution in [3.63, 3.8) is 0 Å². The van der Waals surface area contributed by atoms with E-state index in [1.165, 1.54) is 4.90 Å². The Morgan fingerprint density at radius 1 is 1.42 bits per heavy atom. The summed E-state index contributed by atoms with van der Waals surface area (Å²) >= 11 is 3.42. The van der Waals surface area contributed by atoms with E-state index in [0.29, 0.717) is 12.4 Å². The first-order valence-corrected chi connectivity index (χ1v) is 8.17. The van der Waals surface area contributed by atoms with Crippen molar-refractivity contribution >= 4 is 33.7 Å². The summed E-state index contributed by atoms with van der Waals surface area (Å²) in [5, 5.41) is 15.9. The summed E-state index contributed by atoms with van der Waals surface area (Å²) in [4.78, 5) is 24.4. The molecule has 1 heterocycles. The van der Waals surface area contributed by atoms with Gasteiger partial charge in [-0.15, -0.1) is 0 Å². The number of aliphatic carboxylic acids is 1. The number of carbonyl (C=O) groups excluding carboxylic acids is 1. The second-order valence-corrected chi connectivity index (χ2v) is 6.47. The second-order valence-electron chi connectivity index (χ2n) is 5.55. The number of urea groups is 1. The van der Waals surface area contributed by atoms with Crippen molar-refractivity contribution in [2.45, 2.75) is 13.5 Å². The van der Waals surface area contributed by atoms with Crippen LogP contribution < -0.4 is 5.32 Å². The van der Waals surface area contributed by atoms with E-state index in [4.69, 9.17) is 5.11 Å². The van der Waals surface area contributed by atoms with Crippen LogP contribution >= 0.6 is 15.9 Å². The first kappa shape index (κ1) is 18.0. The number of anilines is 1. The molecule has 1 atom stereocenters. The zero-order valence-electron chi connectivity index (χ0n) is 13.4. The summed E-state index contributed by atoms with van der Waals surface area (Å²) in [5.74, 6) is -1.02. The summed E-state index contributed by atoms with van der Waals surface area (Å²) in [5.41, 5.74) is 1.04. The molecular weight excluding hydrogens is 376 g/mol. The number of halogens is 1. The fourth-order valence-electron chi connectivity index (χ4n) is 2.15. The molecule has 0 spiro atoms. The Morgan fingerprint density at radius 2 is 2.17 bits per heavy atom. The Hall–Kier alpha value is -2.35. The van der Waals surface area contributed by atoms with Gasteiger partial charge in [0, 0.05) is 24.1 Å². The highest BCUT2D eigenvalue weighted by Crippen LogP contribution is 2.15. The van der Waals surface area contributed by atoms with Crippen molar-refractivity contribution in [2.75, 3.05) is 18.9 Å². The Kier molecular flexibility index (Phi) is 5.97. The molecule has 2 aromatic rings. The van der Waals surface area contributed by atoms with Gasteiger partial charge in [0.05, 0.1) is 18.7 Å². The molecule has 0 aliphatic heterocycles. The molecule has 0 saturated heterocycles. The highest BCUT2D eigenvalue weighted by Gasteiger charge is 2.18. The van der Waals surface area contributed by atoms with Crippen molar-refractivity contribution in [3.8, 4) is 0 Å². The number of rotatable bonds is 6. The van der Waals surface area contributed by atoms with E-state index in [1.54, 1.807) is 30.9 Å². The number of amides is 2. The minimum absolute atomic E-state index is 0.126. The summed E-state index contributed by atoms with van der Waals surface area (Å²) in [6.07, 6.45) is 1.60. The molecule has 7 nitrogen and oxygen atoms in total. The molecule has 0 bridgehead atoms. The maximum absolute atomic E-state index is 12.2. The molecule has 0 aliphatic rings. The largest absolute Gasteiger partial charge is 0.481 e. The molecule has 24 heavy (non-hydrogen) atoms. The van der Waals surface area contributed by atoms with E-state index in [9.17, 15) is 9.59 Å². The van der Waals surface area contributed by atoms with Crippen LogP contribution in [0.2, 0.25) is 0 Å². The van der Waals surface area contributed by atoms with Gasteiger partial charge in [-0.25, -0.2) is 9.48 Å². The highest BCUT2D eigenvalue weighted by molar-refractivity contribution is 9.10. The van der Waals surface area contributed by atoms with Crippen LogP contribution in [-0.2, 0) is 11.3 Å². The molecule has 1 aromatic carbocycles.